The molecule has 0 atom stereocenters. The van der Waals surface area contributed by atoms with Crippen LogP contribution in [-0.2, 0) is 6.54 Å². The van der Waals surface area contributed by atoms with E-state index >= 15 is 0 Å². The number of nitrogens with two attached hydrogens (primary N) is 1. The van der Waals surface area contributed by atoms with Crippen molar-refractivity contribution >= 4 is 11.6 Å². The molecule has 19 heavy (non-hydrogen) atoms. The van der Waals surface area contributed by atoms with Gasteiger partial charge in [-0.3, -0.25) is 14.8 Å². The molecule has 0 saturated carbocycles. The zero-order chi connectivity index (χ0) is 13.7. The molecule has 0 radical (unpaired) electrons. The first-order chi connectivity index (χ1) is 9.20. The Kier molecular flexibility index (Phi) is 4.07. The van der Waals surface area contributed by atoms with Gasteiger partial charge in [-0.15, -0.1) is 0 Å². The van der Waals surface area contributed by atoms with E-state index in [0.29, 0.717) is 24.5 Å². The van der Waals surface area contributed by atoms with Gasteiger partial charge in [0.15, 0.2) is 0 Å². The predicted molar refractivity (Wildman–Crippen MR) is 73.3 cm³/mol. The lowest BCUT2D eigenvalue weighted by Gasteiger charge is -2.20. The summed E-state index contributed by atoms with van der Waals surface area (Å²) in [6.45, 7) is 2.98. The molecule has 0 fully saturated rings. The molecule has 1 amide bonds. The molecule has 0 aliphatic carbocycles. The molecule has 0 bridgehead atoms. The summed E-state index contributed by atoms with van der Waals surface area (Å²) in [7, 11) is 0. The second-order valence-corrected chi connectivity index (χ2v) is 4.11. The van der Waals surface area contributed by atoms with Crippen LogP contribution < -0.4 is 5.73 Å². The fourth-order valence-corrected chi connectivity index (χ4v) is 1.74. The van der Waals surface area contributed by atoms with E-state index in [2.05, 4.69) is 9.97 Å². The van der Waals surface area contributed by atoms with Crippen molar-refractivity contribution in [1.29, 1.82) is 0 Å². The minimum absolute atomic E-state index is 0.138. The third kappa shape index (κ3) is 3.28. The lowest BCUT2D eigenvalue weighted by atomic mass is 10.2. The minimum Gasteiger partial charge on any atom is -0.399 e. The van der Waals surface area contributed by atoms with Gasteiger partial charge in [0.25, 0.3) is 5.91 Å². The average Bonchev–Trinajstić information content (AvgIpc) is 2.45. The number of rotatable bonds is 4. The van der Waals surface area contributed by atoms with Gasteiger partial charge in [0, 0.05) is 24.6 Å². The summed E-state index contributed by atoms with van der Waals surface area (Å²) in [6.07, 6.45) is 3.25. The molecule has 5 heteroatoms. The van der Waals surface area contributed by atoms with Crippen LogP contribution in [0.15, 0.2) is 42.7 Å². The highest BCUT2D eigenvalue weighted by atomic mass is 16.2. The van der Waals surface area contributed by atoms with Gasteiger partial charge in [-0.25, -0.2) is 0 Å². The normalized spacial score (nSPS) is 10.2. The molecule has 0 aliphatic heterocycles. The van der Waals surface area contributed by atoms with Gasteiger partial charge < -0.3 is 10.6 Å². The number of amides is 1. The molecule has 0 unspecified atom stereocenters. The molecular formula is C14H16N4O. The SMILES string of the molecule is CCN(Cc1ccccn1)C(=O)c1cc(N)ccn1. The summed E-state index contributed by atoms with van der Waals surface area (Å²) in [5.74, 6) is -0.138. The highest BCUT2D eigenvalue weighted by Gasteiger charge is 2.16. The van der Waals surface area contributed by atoms with E-state index in [0.717, 1.165) is 5.69 Å². The quantitative estimate of drug-likeness (QED) is 0.904. The van der Waals surface area contributed by atoms with Crippen molar-refractivity contribution in [3.63, 3.8) is 0 Å². The lowest BCUT2D eigenvalue weighted by molar-refractivity contribution is 0.0745. The summed E-state index contributed by atoms with van der Waals surface area (Å²) in [6, 6.07) is 8.89. The molecule has 0 saturated heterocycles. The molecule has 98 valence electrons. The number of carbonyl (C=O) groups is 1. The van der Waals surface area contributed by atoms with Crippen molar-refractivity contribution in [3.8, 4) is 0 Å². The monoisotopic (exact) mass is 256 g/mol. The Labute approximate surface area is 112 Å². The number of hydrogen-bond donors (Lipinski definition) is 1. The number of nitrogen functional groups attached to an aromatic ring is 1. The molecule has 5 nitrogen and oxygen atoms in total. The fourth-order valence-electron chi connectivity index (χ4n) is 1.74. The molecule has 2 N–H and O–H groups in total. The molecule has 0 spiro atoms. The molecule has 2 heterocycles. The van der Waals surface area contributed by atoms with Gasteiger partial charge in [-0.1, -0.05) is 6.07 Å². The fraction of sp³-hybridized carbons (Fsp3) is 0.214. The van der Waals surface area contributed by atoms with Gasteiger partial charge in [-0.2, -0.15) is 0 Å². The van der Waals surface area contributed by atoms with Crippen LogP contribution >= 0.6 is 0 Å². The maximum Gasteiger partial charge on any atom is 0.272 e. The summed E-state index contributed by atoms with van der Waals surface area (Å²) >= 11 is 0. The van der Waals surface area contributed by atoms with Crippen molar-refractivity contribution in [1.82, 2.24) is 14.9 Å². The third-order valence-electron chi connectivity index (χ3n) is 2.75. The first kappa shape index (κ1) is 13.0. The van der Waals surface area contributed by atoms with Crippen molar-refractivity contribution < 1.29 is 4.79 Å². The van der Waals surface area contributed by atoms with Gasteiger partial charge in [0.05, 0.1) is 12.2 Å². The zero-order valence-electron chi connectivity index (χ0n) is 10.8. The van der Waals surface area contributed by atoms with Crippen molar-refractivity contribution in [2.24, 2.45) is 0 Å². The Morgan fingerprint density at radius 2 is 2.11 bits per heavy atom. The Morgan fingerprint density at radius 1 is 1.26 bits per heavy atom. The van der Waals surface area contributed by atoms with Crippen LogP contribution in [0.2, 0.25) is 0 Å². The number of aromatic nitrogens is 2. The average molecular weight is 256 g/mol. The van der Waals surface area contributed by atoms with Gasteiger partial charge >= 0.3 is 0 Å². The lowest BCUT2D eigenvalue weighted by Crippen LogP contribution is -2.31. The van der Waals surface area contributed by atoms with Crippen LogP contribution in [0.5, 0.6) is 0 Å². The van der Waals surface area contributed by atoms with Gasteiger partial charge in [-0.05, 0) is 31.2 Å². The Balaban J connectivity index is 2.16. The first-order valence-corrected chi connectivity index (χ1v) is 6.11. The Hall–Kier alpha value is -2.43. The van der Waals surface area contributed by atoms with Crippen LogP contribution in [0, 0.1) is 0 Å². The number of carbonyl (C=O) groups excluding carboxylic acids is 1. The van der Waals surface area contributed by atoms with Crippen LogP contribution in [0.3, 0.4) is 0 Å². The second kappa shape index (κ2) is 5.95. The topological polar surface area (TPSA) is 72.1 Å². The summed E-state index contributed by atoms with van der Waals surface area (Å²) in [4.78, 5) is 22.3. The third-order valence-corrected chi connectivity index (χ3v) is 2.75. The number of pyridine rings is 2. The predicted octanol–water partition coefficient (Wildman–Crippen LogP) is 1.72. The van der Waals surface area contributed by atoms with Gasteiger partial charge in [0.2, 0.25) is 0 Å². The molecule has 2 aromatic heterocycles. The van der Waals surface area contributed by atoms with Crippen LogP contribution in [0.1, 0.15) is 23.1 Å². The molecule has 2 rings (SSSR count). The Morgan fingerprint density at radius 3 is 2.74 bits per heavy atom. The zero-order valence-corrected chi connectivity index (χ0v) is 10.8. The highest BCUT2D eigenvalue weighted by molar-refractivity contribution is 5.92. The molecular weight excluding hydrogens is 240 g/mol. The number of hydrogen-bond acceptors (Lipinski definition) is 4. The maximum atomic E-state index is 12.3. The summed E-state index contributed by atoms with van der Waals surface area (Å²) in [5.41, 5.74) is 7.41. The largest absolute Gasteiger partial charge is 0.399 e. The van der Waals surface area contributed by atoms with Crippen molar-refractivity contribution in [2.45, 2.75) is 13.5 Å². The van der Waals surface area contributed by atoms with E-state index in [1.165, 1.54) is 6.20 Å². The number of anilines is 1. The minimum atomic E-state index is -0.138. The molecule has 0 aromatic carbocycles. The molecule has 2 aromatic rings. The van der Waals surface area contributed by atoms with Crippen LogP contribution in [0.4, 0.5) is 5.69 Å². The van der Waals surface area contributed by atoms with E-state index in [4.69, 9.17) is 5.73 Å². The smallest absolute Gasteiger partial charge is 0.272 e. The summed E-state index contributed by atoms with van der Waals surface area (Å²) in [5, 5.41) is 0. The van der Waals surface area contributed by atoms with Crippen LogP contribution in [-0.4, -0.2) is 27.3 Å². The van der Waals surface area contributed by atoms with Crippen molar-refractivity contribution in [2.75, 3.05) is 12.3 Å². The Bertz CT molecular complexity index is 556. The second-order valence-electron chi connectivity index (χ2n) is 4.11. The molecule has 0 aliphatic rings. The highest BCUT2D eigenvalue weighted by Crippen LogP contribution is 2.09. The van der Waals surface area contributed by atoms with E-state index < -0.39 is 0 Å². The van der Waals surface area contributed by atoms with Gasteiger partial charge in [0.1, 0.15) is 5.69 Å². The van der Waals surface area contributed by atoms with E-state index in [-0.39, 0.29) is 5.91 Å². The van der Waals surface area contributed by atoms with E-state index in [9.17, 15) is 4.79 Å². The standard InChI is InChI=1S/C14H16N4O/c1-2-18(10-12-5-3-4-7-16-12)14(19)13-9-11(15)6-8-17-13/h3-9H,2,10H2,1H3,(H2,15,17). The first-order valence-electron chi connectivity index (χ1n) is 6.11. The number of nitrogens with zero attached hydrogens (tertiary/aromatic N) is 3. The van der Waals surface area contributed by atoms with Crippen molar-refractivity contribution in [3.05, 3.63) is 54.1 Å². The maximum absolute atomic E-state index is 12.3. The summed E-state index contributed by atoms with van der Waals surface area (Å²) < 4.78 is 0. The van der Waals surface area contributed by atoms with Crippen LogP contribution in [0.25, 0.3) is 0 Å². The van der Waals surface area contributed by atoms with E-state index in [1.54, 1.807) is 23.2 Å². The van der Waals surface area contributed by atoms with E-state index in [1.807, 2.05) is 25.1 Å².